The van der Waals surface area contributed by atoms with E-state index < -0.39 is 0 Å². The fourth-order valence-electron chi connectivity index (χ4n) is 4.01. The molecule has 0 aliphatic carbocycles. The standard InChI is InChI=1S/C21H22FN3O3/c1-28-18-8-6-17(7-9-18)25-14-21(12-19(25)26)10-11-24(13-21)20(27)23-16-4-2-15(22)3-5-16/h2-9H,10-14H2,1H3,(H,23,27). The van der Waals surface area contributed by atoms with Crippen LogP contribution in [0.1, 0.15) is 12.8 Å². The molecular formula is C21H22FN3O3. The first-order valence-electron chi connectivity index (χ1n) is 9.24. The van der Waals surface area contributed by atoms with Crippen molar-refractivity contribution in [2.75, 3.05) is 37.0 Å². The lowest BCUT2D eigenvalue weighted by Gasteiger charge is -2.24. The van der Waals surface area contributed by atoms with E-state index in [0.29, 0.717) is 31.7 Å². The highest BCUT2D eigenvalue weighted by atomic mass is 19.1. The van der Waals surface area contributed by atoms with Gasteiger partial charge in [0.25, 0.3) is 0 Å². The lowest BCUT2D eigenvalue weighted by Crippen LogP contribution is -2.36. The van der Waals surface area contributed by atoms with Gasteiger partial charge in [-0.2, -0.15) is 0 Å². The molecule has 2 aliphatic rings. The maximum Gasteiger partial charge on any atom is 0.321 e. The van der Waals surface area contributed by atoms with Crippen molar-refractivity contribution in [3.05, 3.63) is 54.3 Å². The molecule has 2 fully saturated rings. The van der Waals surface area contributed by atoms with Crippen molar-refractivity contribution in [2.45, 2.75) is 12.8 Å². The predicted molar refractivity (Wildman–Crippen MR) is 104 cm³/mol. The number of halogens is 1. The normalized spacial score (nSPS) is 21.4. The molecule has 2 aromatic rings. The van der Waals surface area contributed by atoms with Gasteiger partial charge in [-0.15, -0.1) is 0 Å². The Bertz CT molecular complexity index is 885. The summed E-state index contributed by atoms with van der Waals surface area (Å²) in [6.45, 7) is 1.72. The molecule has 1 atom stereocenters. The molecule has 4 rings (SSSR count). The van der Waals surface area contributed by atoms with Crippen LogP contribution in [0.4, 0.5) is 20.6 Å². The molecule has 1 spiro atoms. The van der Waals surface area contributed by atoms with E-state index in [1.165, 1.54) is 24.3 Å². The molecule has 0 saturated carbocycles. The van der Waals surface area contributed by atoms with Gasteiger partial charge in [-0.3, -0.25) is 4.79 Å². The highest BCUT2D eigenvalue weighted by molar-refractivity contribution is 5.97. The highest BCUT2D eigenvalue weighted by Crippen LogP contribution is 2.42. The molecule has 1 unspecified atom stereocenters. The molecule has 6 nitrogen and oxygen atoms in total. The second-order valence-corrected chi connectivity index (χ2v) is 7.46. The van der Waals surface area contributed by atoms with Crippen molar-refractivity contribution in [2.24, 2.45) is 5.41 Å². The minimum Gasteiger partial charge on any atom is -0.497 e. The molecule has 2 heterocycles. The average molecular weight is 383 g/mol. The van der Waals surface area contributed by atoms with Gasteiger partial charge in [0.1, 0.15) is 11.6 Å². The summed E-state index contributed by atoms with van der Waals surface area (Å²) < 4.78 is 18.2. The van der Waals surface area contributed by atoms with E-state index in [-0.39, 0.29) is 23.2 Å². The van der Waals surface area contributed by atoms with E-state index in [2.05, 4.69) is 5.32 Å². The topological polar surface area (TPSA) is 61.9 Å². The van der Waals surface area contributed by atoms with Gasteiger partial charge in [-0.25, -0.2) is 9.18 Å². The Morgan fingerprint density at radius 1 is 1.11 bits per heavy atom. The van der Waals surface area contributed by atoms with Crippen LogP contribution in [0.25, 0.3) is 0 Å². The number of nitrogens with one attached hydrogen (secondary N) is 1. The first kappa shape index (κ1) is 18.3. The number of hydrogen-bond donors (Lipinski definition) is 1. The van der Waals surface area contributed by atoms with Crippen LogP contribution in [0.3, 0.4) is 0 Å². The fraction of sp³-hybridized carbons (Fsp3) is 0.333. The zero-order valence-electron chi connectivity index (χ0n) is 15.7. The smallest absolute Gasteiger partial charge is 0.321 e. The Labute approximate surface area is 162 Å². The van der Waals surface area contributed by atoms with Gasteiger partial charge in [0.2, 0.25) is 5.91 Å². The molecule has 7 heteroatoms. The molecular weight excluding hydrogens is 361 g/mol. The minimum absolute atomic E-state index is 0.0750. The van der Waals surface area contributed by atoms with Gasteiger partial charge in [0, 0.05) is 42.8 Å². The third kappa shape index (κ3) is 3.52. The van der Waals surface area contributed by atoms with Crippen LogP contribution in [0.15, 0.2) is 48.5 Å². The monoisotopic (exact) mass is 383 g/mol. The highest BCUT2D eigenvalue weighted by Gasteiger charge is 2.48. The van der Waals surface area contributed by atoms with Gasteiger partial charge in [0.15, 0.2) is 0 Å². The number of ether oxygens (including phenoxy) is 1. The van der Waals surface area contributed by atoms with Crippen LogP contribution in [0.2, 0.25) is 0 Å². The average Bonchev–Trinajstić information content (AvgIpc) is 3.26. The lowest BCUT2D eigenvalue weighted by molar-refractivity contribution is -0.117. The number of benzene rings is 2. The molecule has 2 aliphatic heterocycles. The summed E-state index contributed by atoms with van der Waals surface area (Å²) in [5.41, 5.74) is 1.17. The molecule has 146 valence electrons. The number of carbonyl (C=O) groups excluding carboxylic acids is 2. The number of amides is 3. The molecule has 2 saturated heterocycles. The van der Waals surface area contributed by atoms with E-state index in [9.17, 15) is 14.0 Å². The van der Waals surface area contributed by atoms with Crippen LogP contribution in [0, 0.1) is 11.2 Å². The van der Waals surface area contributed by atoms with Gasteiger partial charge in [-0.05, 0) is 55.0 Å². The zero-order valence-corrected chi connectivity index (χ0v) is 15.7. The summed E-state index contributed by atoms with van der Waals surface area (Å²) in [4.78, 5) is 28.7. The molecule has 0 aromatic heterocycles. The van der Waals surface area contributed by atoms with Crippen molar-refractivity contribution in [1.82, 2.24) is 4.90 Å². The number of hydrogen-bond acceptors (Lipinski definition) is 3. The van der Waals surface area contributed by atoms with Gasteiger partial charge >= 0.3 is 6.03 Å². The van der Waals surface area contributed by atoms with Gasteiger partial charge < -0.3 is 19.9 Å². The number of anilines is 2. The molecule has 0 radical (unpaired) electrons. The quantitative estimate of drug-likeness (QED) is 0.883. The summed E-state index contributed by atoms with van der Waals surface area (Å²) in [5, 5.41) is 2.79. The molecule has 1 N–H and O–H groups in total. The first-order chi connectivity index (χ1) is 13.5. The van der Waals surface area contributed by atoms with Crippen molar-refractivity contribution in [3.8, 4) is 5.75 Å². The van der Waals surface area contributed by atoms with Crippen molar-refractivity contribution >= 4 is 23.3 Å². The summed E-state index contributed by atoms with van der Waals surface area (Å²) in [5.74, 6) is 0.474. The number of carbonyl (C=O) groups is 2. The second kappa shape index (κ2) is 7.14. The Kier molecular flexibility index (Phi) is 4.66. The number of nitrogens with zero attached hydrogens (tertiary/aromatic N) is 2. The van der Waals surface area contributed by atoms with Crippen LogP contribution in [-0.2, 0) is 4.79 Å². The number of urea groups is 1. The Morgan fingerprint density at radius 2 is 1.82 bits per heavy atom. The third-order valence-electron chi connectivity index (χ3n) is 5.53. The summed E-state index contributed by atoms with van der Waals surface area (Å²) in [6, 6.07) is 12.9. The largest absolute Gasteiger partial charge is 0.497 e. The van der Waals surface area contributed by atoms with Crippen molar-refractivity contribution in [3.63, 3.8) is 0 Å². The zero-order chi connectivity index (χ0) is 19.7. The SMILES string of the molecule is COc1ccc(N2CC3(CCN(C(=O)Nc4ccc(F)cc4)C3)CC2=O)cc1. The number of rotatable bonds is 3. The Hall–Kier alpha value is -3.09. The summed E-state index contributed by atoms with van der Waals surface area (Å²) >= 11 is 0. The number of methoxy groups -OCH3 is 1. The first-order valence-corrected chi connectivity index (χ1v) is 9.24. The second-order valence-electron chi connectivity index (χ2n) is 7.46. The fourth-order valence-corrected chi connectivity index (χ4v) is 4.01. The van der Waals surface area contributed by atoms with Gasteiger partial charge in [-0.1, -0.05) is 0 Å². The molecule has 28 heavy (non-hydrogen) atoms. The maximum absolute atomic E-state index is 13.0. The van der Waals surface area contributed by atoms with E-state index in [4.69, 9.17) is 4.74 Å². The predicted octanol–water partition coefficient (Wildman–Crippen LogP) is 3.50. The van der Waals surface area contributed by atoms with E-state index in [1.54, 1.807) is 16.9 Å². The lowest BCUT2D eigenvalue weighted by atomic mass is 9.86. The summed E-state index contributed by atoms with van der Waals surface area (Å²) in [7, 11) is 1.61. The van der Waals surface area contributed by atoms with Crippen molar-refractivity contribution in [1.29, 1.82) is 0 Å². The van der Waals surface area contributed by atoms with Crippen LogP contribution >= 0.6 is 0 Å². The van der Waals surface area contributed by atoms with Gasteiger partial charge in [0.05, 0.1) is 7.11 Å². The van der Waals surface area contributed by atoms with Crippen LogP contribution in [-0.4, -0.2) is 43.6 Å². The molecule has 2 aromatic carbocycles. The Balaban J connectivity index is 1.41. The van der Waals surface area contributed by atoms with E-state index >= 15 is 0 Å². The summed E-state index contributed by atoms with van der Waals surface area (Å²) in [6.07, 6.45) is 1.21. The molecule has 0 bridgehead atoms. The van der Waals surface area contributed by atoms with E-state index in [0.717, 1.165) is 17.9 Å². The molecule has 3 amide bonds. The third-order valence-corrected chi connectivity index (χ3v) is 5.53. The maximum atomic E-state index is 13.0. The minimum atomic E-state index is -0.346. The Morgan fingerprint density at radius 3 is 2.50 bits per heavy atom. The number of likely N-dealkylation sites (tertiary alicyclic amines) is 1. The van der Waals surface area contributed by atoms with Crippen LogP contribution in [0.5, 0.6) is 5.75 Å². The van der Waals surface area contributed by atoms with E-state index in [1.807, 2.05) is 24.3 Å². The van der Waals surface area contributed by atoms with Crippen molar-refractivity contribution < 1.29 is 18.7 Å². The van der Waals surface area contributed by atoms with Crippen LogP contribution < -0.4 is 15.0 Å².